The summed E-state index contributed by atoms with van der Waals surface area (Å²) in [6.45, 7) is 7.86. The molecule has 0 saturated carbocycles. The van der Waals surface area contributed by atoms with Gasteiger partial charge in [0.25, 0.3) is 0 Å². The maximum absolute atomic E-state index is 11.4. The molecule has 0 heterocycles. The number of amides is 1. The van der Waals surface area contributed by atoms with Crippen LogP contribution in [-0.2, 0) is 4.74 Å². The number of carbonyl (C=O) groups excluding carboxylic acids is 1. The van der Waals surface area contributed by atoms with E-state index in [2.05, 4.69) is 5.32 Å². The predicted octanol–water partition coefficient (Wildman–Crippen LogP) is 3.12. The monoisotopic (exact) mass is 262 g/mol. The van der Waals surface area contributed by atoms with E-state index in [1.54, 1.807) is 0 Å². The van der Waals surface area contributed by atoms with Crippen LogP contribution in [0, 0.1) is 6.92 Å². The number of alkyl carbamates (subject to hydrolysis) is 1. The van der Waals surface area contributed by atoms with Gasteiger partial charge in [-0.3, -0.25) is 0 Å². The highest BCUT2D eigenvalue weighted by molar-refractivity contribution is 5.69. The summed E-state index contributed by atoms with van der Waals surface area (Å²) in [7, 11) is 0. The van der Waals surface area contributed by atoms with E-state index in [1.807, 2.05) is 58.0 Å². The second kappa shape index (κ2) is 6.27. The topological polar surface area (TPSA) is 64.3 Å². The number of hydrogen-bond donors (Lipinski definition) is 2. The third-order valence-electron chi connectivity index (χ3n) is 2.42. The van der Waals surface area contributed by atoms with Crippen molar-refractivity contribution in [1.82, 2.24) is 5.32 Å². The Bertz CT molecular complexity index is 474. The first-order valence-corrected chi connectivity index (χ1v) is 6.28. The molecule has 0 fully saturated rings. The summed E-state index contributed by atoms with van der Waals surface area (Å²) < 4.78 is 5.12. The lowest BCUT2D eigenvalue weighted by Crippen LogP contribution is -2.32. The largest absolute Gasteiger partial charge is 0.444 e. The van der Waals surface area contributed by atoms with Gasteiger partial charge in [-0.2, -0.15) is 0 Å². The summed E-state index contributed by atoms with van der Waals surface area (Å²) in [4.78, 5) is 11.4. The van der Waals surface area contributed by atoms with E-state index in [0.717, 1.165) is 16.8 Å². The van der Waals surface area contributed by atoms with Crippen LogP contribution in [0.4, 0.5) is 10.5 Å². The fourth-order valence-electron chi connectivity index (χ4n) is 1.49. The number of carbonyl (C=O) groups is 1. The Morgan fingerprint density at radius 2 is 2.11 bits per heavy atom. The highest BCUT2D eigenvalue weighted by Crippen LogP contribution is 2.17. The van der Waals surface area contributed by atoms with Crippen LogP contribution in [0.5, 0.6) is 0 Å². The van der Waals surface area contributed by atoms with Crippen LogP contribution in [0.15, 0.2) is 24.3 Å². The van der Waals surface area contributed by atoms with E-state index in [0.29, 0.717) is 6.54 Å². The molecule has 1 rings (SSSR count). The number of anilines is 1. The maximum atomic E-state index is 11.4. The van der Waals surface area contributed by atoms with Crippen molar-refractivity contribution < 1.29 is 9.53 Å². The van der Waals surface area contributed by atoms with E-state index < -0.39 is 11.7 Å². The minimum atomic E-state index is -0.477. The van der Waals surface area contributed by atoms with Gasteiger partial charge in [0.2, 0.25) is 0 Å². The molecule has 104 valence electrons. The lowest BCUT2D eigenvalue weighted by Gasteiger charge is -2.19. The summed E-state index contributed by atoms with van der Waals surface area (Å²) in [6.07, 6.45) is 3.31. The van der Waals surface area contributed by atoms with Crippen LogP contribution in [0.25, 0.3) is 6.08 Å². The summed E-state index contributed by atoms with van der Waals surface area (Å²) in [5, 5.41) is 2.65. The van der Waals surface area contributed by atoms with Gasteiger partial charge in [-0.15, -0.1) is 0 Å². The van der Waals surface area contributed by atoms with E-state index in [9.17, 15) is 4.79 Å². The second-order valence-corrected chi connectivity index (χ2v) is 5.36. The van der Waals surface area contributed by atoms with Crippen molar-refractivity contribution in [3.05, 3.63) is 35.4 Å². The Morgan fingerprint density at radius 1 is 1.42 bits per heavy atom. The molecular weight excluding hydrogens is 240 g/mol. The molecule has 0 spiro atoms. The molecule has 0 radical (unpaired) electrons. The van der Waals surface area contributed by atoms with Gasteiger partial charge in [0.15, 0.2) is 0 Å². The first kappa shape index (κ1) is 15.1. The summed E-state index contributed by atoms with van der Waals surface area (Å²) >= 11 is 0. The molecule has 0 saturated heterocycles. The van der Waals surface area contributed by atoms with Gasteiger partial charge in [-0.05, 0) is 38.8 Å². The lowest BCUT2D eigenvalue weighted by molar-refractivity contribution is 0.0534. The van der Waals surface area contributed by atoms with Gasteiger partial charge in [-0.25, -0.2) is 4.79 Å². The van der Waals surface area contributed by atoms with E-state index in [1.165, 1.54) is 0 Å². The Balaban J connectivity index is 2.47. The van der Waals surface area contributed by atoms with Crippen LogP contribution < -0.4 is 11.1 Å². The standard InChI is InChI=1S/C15H22N2O2/c1-11-7-5-8-12(13(11)16)9-6-10-17-14(18)19-15(2,3)4/h5-9H,10,16H2,1-4H3,(H,17,18). The summed E-state index contributed by atoms with van der Waals surface area (Å²) in [5.74, 6) is 0. The van der Waals surface area contributed by atoms with E-state index >= 15 is 0 Å². The Kier molecular flexibility index (Phi) is 4.98. The molecule has 0 aliphatic carbocycles. The molecule has 1 aromatic rings. The zero-order valence-electron chi connectivity index (χ0n) is 12.0. The third kappa shape index (κ3) is 5.46. The normalized spacial score (nSPS) is 11.6. The highest BCUT2D eigenvalue weighted by atomic mass is 16.6. The number of hydrogen-bond acceptors (Lipinski definition) is 3. The molecule has 0 atom stereocenters. The van der Waals surface area contributed by atoms with Gasteiger partial charge < -0.3 is 15.8 Å². The number of para-hydroxylation sites is 1. The number of ether oxygens (including phenoxy) is 1. The number of nitrogen functional groups attached to an aromatic ring is 1. The molecule has 0 aromatic heterocycles. The van der Waals surface area contributed by atoms with Gasteiger partial charge in [0.1, 0.15) is 5.60 Å². The Morgan fingerprint density at radius 3 is 2.74 bits per heavy atom. The van der Waals surface area contributed by atoms with Gasteiger partial charge in [0, 0.05) is 12.2 Å². The highest BCUT2D eigenvalue weighted by Gasteiger charge is 2.14. The fraction of sp³-hybridized carbons (Fsp3) is 0.400. The minimum Gasteiger partial charge on any atom is -0.444 e. The summed E-state index contributed by atoms with van der Waals surface area (Å²) in [6, 6.07) is 5.85. The molecule has 0 aliphatic rings. The molecule has 4 nitrogen and oxygen atoms in total. The van der Waals surface area contributed by atoms with Crippen LogP contribution in [0.3, 0.4) is 0 Å². The van der Waals surface area contributed by atoms with Crippen LogP contribution in [0.1, 0.15) is 31.9 Å². The first-order valence-electron chi connectivity index (χ1n) is 6.28. The number of aryl methyl sites for hydroxylation is 1. The van der Waals surface area contributed by atoms with Gasteiger partial charge in [0.05, 0.1) is 0 Å². The molecule has 0 aliphatic heterocycles. The predicted molar refractivity (Wildman–Crippen MR) is 78.9 cm³/mol. The average molecular weight is 262 g/mol. The molecule has 1 amide bonds. The van der Waals surface area contributed by atoms with Crippen LogP contribution in [0.2, 0.25) is 0 Å². The molecule has 0 bridgehead atoms. The van der Waals surface area contributed by atoms with Crippen molar-refractivity contribution in [2.24, 2.45) is 0 Å². The van der Waals surface area contributed by atoms with Crippen LogP contribution in [-0.4, -0.2) is 18.2 Å². The lowest BCUT2D eigenvalue weighted by atomic mass is 10.1. The molecule has 19 heavy (non-hydrogen) atoms. The minimum absolute atomic E-state index is 0.405. The number of nitrogens with two attached hydrogens (primary N) is 1. The summed E-state index contributed by atoms with van der Waals surface area (Å²) in [5.41, 5.74) is 8.22. The molecular formula is C15H22N2O2. The first-order chi connectivity index (χ1) is 8.79. The Hall–Kier alpha value is -1.97. The SMILES string of the molecule is Cc1cccc(C=CCNC(=O)OC(C)(C)C)c1N. The smallest absolute Gasteiger partial charge is 0.407 e. The van der Waals surface area contributed by atoms with E-state index in [-0.39, 0.29) is 0 Å². The van der Waals surface area contributed by atoms with Crippen molar-refractivity contribution in [2.45, 2.75) is 33.3 Å². The molecule has 3 N–H and O–H groups in total. The van der Waals surface area contributed by atoms with Crippen molar-refractivity contribution in [2.75, 3.05) is 12.3 Å². The third-order valence-corrected chi connectivity index (χ3v) is 2.42. The average Bonchev–Trinajstić information content (AvgIpc) is 2.27. The number of rotatable bonds is 3. The van der Waals surface area contributed by atoms with Crippen molar-refractivity contribution >= 4 is 17.9 Å². The van der Waals surface area contributed by atoms with Crippen LogP contribution >= 0.6 is 0 Å². The fourth-order valence-corrected chi connectivity index (χ4v) is 1.49. The van der Waals surface area contributed by atoms with E-state index in [4.69, 9.17) is 10.5 Å². The van der Waals surface area contributed by atoms with Gasteiger partial charge in [-0.1, -0.05) is 30.4 Å². The zero-order chi connectivity index (χ0) is 14.5. The van der Waals surface area contributed by atoms with Crippen molar-refractivity contribution in [3.63, 3.8) is 0 Å². The quantitative estimate of drug-likeness (QED) is 0.823. The van der Waals surface area contributed by atoms with Gasteiger partial charge >= 0.3 is 6.09 Å². The maximum Gasteiger partial charge on any atom is 0.407 e. The zero-order valence-corrected chi connectivity index (χ0v) is 12.0. The van der Waals surface area contributed by atoms with Crippen molar-refractivity contribution in [1.29, 1.82) is 0 Å². The second-order valence-electron chi connectivity index (χ2n) is 5.36. The molecule has 1 aromatic carbocycles. The molecule has 4 heteroatoms. The number of benzene rings is 1. The Labute approximate surface area is 114 Å². The molecule has 0 unspecified atom stereocenters. The van der Waals surface area contributed by atoms with Crippen molar-refractivity contribution in [3.8, 4) is 0 Å². The number of nitrogens with one attached hydrogen (secondary N) is 1.